The van der Waals surface area contributed by atoms with Crippen LogP contribution in [0.5, 0.6) is 0 Å². The molecule has 1 amide bonds. The molecule has 144 valence electrons. The van der Waals surface area contributed by atoms with E-state index < -0.39 is 5.60 Å². The highest BCUT2D eigenvalue weighted by Gasteiger charge is 2.27. The number of fused-ring (bicyclic) bond motifs is 1. The molecule has 0 N–H and O–H groups in total. The Balaban J connectivity index is 1.85. The van der Waals surface area contributed by atoms with Gasteiger partial charge in [-0.2, -0.15) is 0 Å². The molecule has 0 aliphatic carbocycles. The van der Waals surface area contributed by atoms with E-state index in [1.165, 1.54) is 16.7 Å². The second-order valence-electron chi connectivity index (χ2n) is 8.13. The zero-order valence-corrected chi connectivity index (χ0v) is 16.8. The number of likely N-dealkylation sites (N-methyl/N-ethyl adjacent to an activating group) is 1. The van der Waals surface area contributed by atoms with Crippen LogP contribution in [-0.2, 0) is 16.1 Å². The molecule has 1 aromatic carbocycles. The van der Waals surface area contributed by atoms with Gasteiger partial charge in [-0.05, 0) is 62.1 Å². The Labute approximate surface area is 161 Å². The molecule has 0 saturated carbocycles. The molecule has 0 bridgehead atoms. The monoisotopic (exact) mass is 368 g/mol. The molecule has 1 aliphatic rings. The predicted molar refractivity (Wildman–Crippen MR) is 106 cm³/mol. The minimum absolute atomic E-state index is 0.120. The van der Waals surface area contributed by atoms with Crippen molar-refractivity contribution in [2.75, 3.05) is 20.2 Å². The number of nitrogens with zero attached hydrogens (tertiary/aromatic N) is 2. The van der Waals surface area contributed by atoms with Crippen molar-refractivity contribution < 1.29 is 14.3 Å². The summed E-state index contributed by atoms with van der Waals surface area (Å²) in [6.45, 7) is 9.36. The van der Waals surface area contributed by atoms with E-state index in [9.17, 15) is 4.79 Å². The van der Waals surface area contributed by atoms with Crippen molar-refractivity contribution in [2.24, 2.45) is 0 Å². The molecule has 1 atom stereocenters. The molecule has 0 radical (unpaired) electrons. The maximum atomic E-state index is 12.3. The Bertz CT molecular complexity index is 827. The molecular formula is C22H28N2O3. The summed E-state index contributed by atoms with van der Waals surface area (Å²) in [4.78, 5) is 18.3. The zero-order valence-electron chi connectivity index (χ0n) is 16.8. The van der Waals surface area contributed by atoms with Gasteiger partial charge in [-0.3, -0.25) is 4.98 Å². The van der Waals surface area contributed by atoms with Gasteiger partial charge in [0.2, 0.25) is 0 Å². The lowest BCUT2D eigenvalue weighted by molar-refractivity contribution is 0.0240. The van der Waals surface area contributed by atoms with Crippen LogP contribution in [0.2, 0.25) is 0 Å². The Morgan fingerprint density at radius 1 is 1.33 bits per heavy atom. The van der Waals surface area contributed by atoms with Crippen molar-refractivity contribution in [1.82, 2.24) is 9.88 Å². The number of aryl methyl sites for hydroxylation is 1. The number of benzene rings is 1. The first kappa shape index (κ1) is 19.4. The molecule has 5 heteroatoms. The van der Waals surface area contributed by atoms with Gasteiger partial charge in [-0.25, -0.2) is 4.79 Å². The summed E-state index contributed by atoms with van der Waals surface area (Å²) in [5.74, 6) is 0.120. The molecule has 1 aliphatic heterocycles. The quantitative estimate of drug-likeness (QED) is 0.798. The first-order valence-electron chi connectivity index (χ1n) is 9.31. The summed E-state index contributed by atoms with van der Waals surface area (Å²) >= 11 is 0. The second kappa shape index (κ2) is 7.69. The number of ether oxygens (including phenoxy) is 2. The third-order valence-corrected chi connectivity index (χ3v) is 4.62. The van der Waals surface area contributed by atoms with E-state index >= 15 is 0 Å². The molecule has 5 nitrogen and oxygen atoms in total. The van der Waals surface area contributed by atoms with Crippen LogP contribution in [0.1, 0.15) is 43.5 Å². The fourth-order valence-electron chi connectivity index (χ4n) is 3.42. The van der Waals surface area contributed by atoms with Crippen molar-refractivity contribution in [1.29, 1.82) is 0 Å². The Hall–Kier alpha value is -2.40. The fraction of sp³-hybridized carbons (Fsp3) is 0.455. The van der Waals surface area contributed by atoms with E-state index in [1.54, 1.807) is 11.9 Å². The molecule has 27 heavy (non-hydrogen) atoms. The van der Waals surface area contributed by atoms with E-state index in [0.29, 0.717) is 19.8 Å². The van der Waals surface area contributed by atoms with Crippen LogP contribution < -0.4 is 0 Å². The van der Waals surface area contributed by atoms with Crippen molar-refractivity contribution >= 4 is 6.09 Å². The minimum Gasteiger partial charge on any atom is -0.444 e. The average molecular weight is 368 g/mol. The van der Waals surface area contributed by atoms with E-state index in [1.807, 2.05) is 40.0 Å². The molecule has 2 heterocycles. The van der Waals surface area contributed by atoms with Gasteiger partial charge < -0.3 is 14.4 Å². The molecule has 0 spiro atoms. The van der Waals surface area contributed by atoms with Gasteiger partial charge in [-0.15, -0.1) is 0 Å². The first-order valence-corrected chi connectivity index (χ1v) is 9.31. The summed E-state index contributed by atoms with van der Waals surface area (Å²) in [5, 5.41) is 0. The molecule has 0 fully saturated rings. The lowest BCUT2D eigenvalue weighted by atomic mass is 9.87. The third kappa shape index (κ3) is 4.66. The van der Waals surface area contributed by atoms with Gasteiger partial charge in [0.05, 0.1) is 13.2 Å². The number of rotatable bonds is 3. The van der Waals surface area contributed by atoms with Gasteiger partial charge in [0.15, 0.2) is 0 Å². The maximum absolute atomic E-state index is 12.3. The normalized spacial score (nSPS) is 16.6. The molecule has 1 aromatic heterocycles. The van der Waals surface area contributed by atoms with Crippen LogP contribution in [0, 0.1) is 6.92 Å². The number of carbonyl (C=O) groups is 1. The zero-order chi connectivity index (χ0) is 19.6. The number of hydrogen-bond donors (Lipinski definition) is 0. The van der Waals surface area contributed by atoms with Crippen LogP contribution in [0.3, 0.4) is 0 Å². The summed E-state index contributed by atoms with van der Waals surface area (Å²) in [6, 6.07) is 10.5. The Morgan fingerprint density at radius 3 is 2.81 bits per heavy atom. The minimum atomic E-state index is -0.501. The van der Waals surface area contributed by atoms with Crippen LogP contribution in [-0.4, -0.2) is 41.8 Å². The summed E-state index contributed by atoms with van der Waals surface area (Å²) in [7, 11) is 1.78. The van der Waals surface area contributed by atoms with E-state index in [4.69, 9.17) is 9.47 Å². The highest BCUT2D eigenvalue weighted by atomic mass is 16.6. The highest BCUT2D eigenvalue weighted by Crippen LogP contribution is 2.34. The summed E-state index contributed by atoms with van der Waals surface area (Å²) < 4.78 is 11.4. The topological polar surface area (TPSA) is 51.7 Å². The SMILES string of the molecule is Cc1cc(-c2cccc3c2COC[C@H]3CN(C)C(=O)OC(C)(C)C)ccn1. The number of amides is 1. The van der Waals surface area contributed by atoms with E-state index in [2.05, 4.69) is 29.2 Å². The van der Waals surface area contributed by atoms with Gasteiger partial charge >= 0.3 is 6.09 Å². The van der Waals surface area contributed by atoms with Crippen molar-refractivity contribution in [3.63, 3.8) is 0 Å². The maximum Gasteiger partial charge on any atom is 0.410 e. The molecule has 3 rings (SSSR count). The Morgan fingerprint density at radius 2 is 2.11 bits per heavy atom. The van der Waals surface area contributed by atoms with E-state index in [-0.39, 0.29) is 12.0 Å². The Kier molecular flexibility index (Phi) is 5.51. The average Bonchev–Trinajstić information content (AvgIpc) is 2.60. The molecule has 0 saturated heterocycles. The van der Waals surface area contributed by atoms with Gasteiger partial charge in [-0.1, -0.05) is 18.2 Å². The van der Waals surface area contributed by atoms with Gasteiger partial charge in [0.1, 0.15) is 5.60 Å². The van der Waals surface area contributed by atoms with E-state index in [0.717, 1.165) is 11.3 Å². The van der Waals surface area contributed by atoms with Crippen LogP contribution >= 0.6 is 0 Å². The first-order chi connectivity index (χ1) is 12.7. The summed E-state index contributed by atoms with van der Waals surface area (Å²) in [6.07, 6.45) is 1.53. The van der Waals surface area contributed by atoms with Crippen LogP contribution in [0.25, 0.3) is 11.1 Å². The highest BCUT2D eigenvalue weighted by molar-refractivity contribution is 5.70. The third-order valence-electron chi connectivity index (χ3n) is 4.62. The predicted octanol–water partition coefficient (Wildman–Crippen LogP) is 4.54. The summed E-state index contributed by atoms with van der Waals surface area (Å²) in [5.41, 5.74) is 5.23. The van der Waals surface area contributed by atoms with Crippen LogP contribution in [0.4, 0.5) is 4.79 Å². The molecule has 2 aromatic rings. The molecular weight excluding hydrogens is 340 g/mol. The number of pyridine rings is 1. The fourth-order valence-corrected chi connectivity index (χ4v) is 3.42. The van der Waals surface area contributed by atoms with Crippen molar-refractivity contribution in [2.45, 2.75) is 45.8 Å². The smallest absolute Gasteiger partial charge is 0.410 e. The van der Waals surface area contributed by atoms with Gasteiger partial charge in [0.25, 0.3) is 0 Å². The van der Waals surface area contributed by atoms with Gasteiger partial charge in [0, 0.05) is 31.4 Å². The lowest BCUT2D eigenvalue weighted by Crippen LogP contribution is -2.38. The van der Waals surface area contributed by atoms with Crippen molar-refractivity contribution in [3.05, 3.63) is 53.3 Å². The molecule has 0 unspecified atom stereocenters. The number of aromatic nitrogens is 1. The lowest BCUT2D eigenvalue weighted by Gasteiger charge is -2.31. The van der Waals surface area contributed by atoms with Crippen molar-refractivity contribution in [3.8, 4) is 11.1 Å². The largest absolute Gasteiger partial charge is 0.444 e. The second-order valence-corrected chi connectivity index (χ2v) is 8.13. The number of carbonyl (C=O) groups excluding carboxylic acids is 1. The number of hydrogen-bond acceptors (Lipinski definition) is 4. The van der Waals surface area contributed by atoms with Crippen LogP contribution in [0.15, 0.2) is 36.5 Å². The standard InChI is InChI=1S/C22H28N2O3/c1-15-11-16(9-10-23-15)18-7-6-8-19-17(13-26-14-20(18)19)12-24(5)21(25)27-22(2,3)4/h6-11,17H,12-14H2,1-5H3/t17-/m1/s1.